The van der Waals surface area contributed by atoms with Crippen molar-refractivity contribution in [1.82, 2.24) is 10.6 Å². The lowest BCUT2D eigenvalue weighted by Crippen LogP contribution is -2.58. The number of rotatable bonds is 3. The summed E-state index contributed by atoms with van der Waals surface area (Å²) in [7, 11) is 0. The summed E-state index contributed by atoms with van der Waals surface area (Å²) < 4.78 is 5.68. The fourth-order valence-electron chi connectivity index (χ4n) is 3.35. The monoisotopic (exact) mass is 270 g/mol. The van der Waals surface area contributed by atoms with E-state index in [0.29, 0.717) is 12.1 Å². The third-order valence-corrected chi connectivity index (χ3v) is 4.73. The van der Waals surface area contributed by atoms with Gasteiger partial charge in [-0.1, -0.05) is 18.2 Å². The maximum Gasteiger partial charge on any atom is 0.123 e. The van der Waals surface area contributed by atoms with Gasteiger partial charge in [0, 0.05) is 31.6 Å². The van der Waals surface area contributed by atoms with E-state index in [2.05, 4.69) is 34.9 Å². The molecule has 0 radical (unpaired) electrons. The molecule has 0 bridgehead atoms. The third kappa shape index (κ3) is 2.36. The third-order valence-electron chi connectivity index (χ3n) is 4.73. The summed E-state index contributed by atoms with van der Waals surface area (Å²) in [6.45, 7) is 3.11. The van der Waals surface area contributed by atoms with E-state index in [-0.39, 0.29) is 0 Å². The molecule has 1 aromatic carbocycles. The summed E-state index contributed by atoms with van der Waals surface area (Å²) in [5.41, 5.74) is 4.21. The molecule has 0 aromatic heterocycles. The number of allylic oxidation sites excluding steroid dienone is 1. The Morgan fingerprint density at radius 2 is 2.10 bits per heavy atom. The van der Waals surface area contributed by atoms with Crippen LogP contribution >= 0.6 is 0 Å². The standard InChI is InChI=1S/C17H22N2O/c1-2-14(9-17-13(1)7-8-20-17)12-3-5-15(6-4-12)19-16-10-18-11-16/h1-3,9,15-16,18-19H,4-8,10-11H2. The van der Waals surface area contributed by atoms with Crippen LogP contribution < -0.4 is 15.4 Å². The van der Waals surface area contributed by atoms with Crippen molar-refractivity contribution in [3.05, 3.63) is 35.4 Å². The molecule has 1 unspecified atom stereocenters. The lowest BCUT2D eigenvalue weighted by molar-refractivity contribution is 0.317. The van der Waals surface area contributed by atoms with Gasteiger partial charge in [0.05, 0.1) is 6.61 Å². The predicted octanol–water partition coefficient (Wildman–Crippen LogP) is 2.12. The van der Waals surface area contributed by atoms with Gasteiger partial charge in [0.15, 0.2) is 0 Å². The topological polar surface area (TPSA) is 33.3 Å². The zero-order chi connectivity index (χ0) is 13.4. The summed E-state index contributed by atoms with van der Waals surface area (Å²) in [5.74, 6) is 1.10. The van der Waals surface area contributed by atoms with Crippen LogP contribution in [-0.4, -0.2) is 31.8 Å². The SMILES string of the molecule is C1=C(c2ccc3c(c2)OCC3)CCC(NC2CNC2)C1. The van der Waals surface area contributed by atoms with Crippen LogP contribution in [0.1, 0.15) is 30.4 Å². The Balaban J connectivity index is 1.44. The molecule has 0 amide bonds. The van der Waals surface area contributed by atoms with Crippen LogP contribution in [0, 0.1) is 0 Å². The molecule has 3 aliphatic rings. The number of hydrogen-bond donors (Lipinski definition) is 2. The predicted molar refractivity (Wildman–Crippen MR) is 81.1 cm³/mol. The van der Waals surface area contributed by atoms with Gasteiger partial charge in [-0.3, -0.25) is 0 Å². The minimum Gasteiger partial charge on any atom is -0.493 e. The van der Waals surface area contributed by atoms with Gasteiger partial charge in [0.2, 0.25) is 0 Å². The Morgan fingerprint density at radius 3 is 2.85 bits per heavy atom. The van der Waals surface area contributed by atoms with Crippen molar-refractivity contribution in [2.45, 2.75) is 37.8 Å². The van der Waals surface area contributed by atoms with Gasteiger partial charge in [0.1, 0.15) is 5.75 Å². The number of ether oxygens (including phenoxy) is 1. The molecule has 1 aromatic rings. The van der Waals surface area contributed by atoms with Crippen LogP contribution in [0.3, 0.4) is 0 Å². The second-order valence-electron chi connectivity index (χ2n) is 6.14. The summed E-state index contributed by atoms with van der Waals surface area (Å²) in [5, 5.41) is 7.05. The molecule has 3 nitrogen and oxygen atoms in total. The van der Waals surface area contributed by atoms with Crippen LogP contribution in [0.15, 0.2) is 24.3 Å². The first kappa shape index (κ1) is 12.4. The highest BCUT2D eigenvalue weighted by Gasteiger charge is 2.23. The summed E-state index contributed by atoms with van der Waals surface area (Å²) >= 11 is 0. The van der Waals surface area contributed by atoms with Gasteiger partial charge in [-0.05, 0) is 42.0 Å². The quantitative estimate of drug-likeness (QED) is 0.882. The van der Waals surface area contributed by atoms with E-state index in [9.17, 15) is 0 Å². The highest BCUT2D eigenvalue weighted by atomic mass is 16.5. The van der Waals surface area contributed by atoms with Gasteiger partial charge in [-0.25, -0.2) is 0 Å². The maximum atomic E-state index is 5.68. The van der Waals surface area contributed by atoms with Crippen molar-refractivity contribution in [3.8, 4) is 5.75 Å². The molecule has 106 valence electrons. The Morgan fingerprint density at radius 1 is 1.15 bits per heavy atom. The van der Waals surface area contributed by atoms with Crippen molar-refractivity contribution in [3.63, 3.8) is 0 Å². The van der Waals surface area contributed by atoms with Gasteiger partial charge >= 0.3 is 0 Å². The van der Waals surface area contributed by atoms with Crippen molar-refractivity contribution in [1.29, 1.82) is 0 Å². The molecular weight excluding hydrogens is 248 g/mol. The Bertz CT molecular complexity index is 534. The Kier molecular flexibility index (Phi) is 3.25. The first-order chi connectivity index (χ1) is 9.88. The lowest BCUT2D eigenvalue weighted by atomic mass is 9.89. The van der Waals surface area contributed by atoms with E-state index in [1.54, 1.807) is 0 Å². The lowest BCUT2D eigenvalue weighted by Gasteiger charge is -2.34. The number of nitrogens with one attached hydrogen (secondary N) is 2. The molecule has 1 atom stereocenters. The van der Waals surface area contributed by atoms with E-state index in [1.807, 2.05) is 0 Å². The van der Waals surface area contributed by atoms with Gasteiger partial charge < -0.3 is 15.4 Å². The fraction of sp³-hybridized carbons (Fsp3) is 0.529. The first-order valence-electron chi connectivity index (χ1n) is 7.80. The van der Waals surface area contributed by atoms with Crippen molar-refractivity contribution >= 4 is 5.57 Å². The van der Waals surface area contributed by atoms with Crippen LogP contribution in [0.2, 0.25) is 0 Å². The van der Waals surface area contributed by atoms with Crippen molar-refractivity contribution < 1.29 is 4.74 Å². The maximum absolute atomic E-state index is 5.68. The zero-order valence-electron chi connectivity index (χ0n) is 11.8. The van der Waals surface area contributed by atoms with E-state index in [0.717, 1.165) is 38.3 Å². The van der Waals surface area contributed by atoms with Gasteiger partial charge in [0.25, 0.3) is 0 Å². The van der Waals surface area contributed by atoms with Crippen LogP contribution in [0.25, 0.3) is 5.57 Å². The summed E-state index contributed by atoms with van der Waals surface area (Å²) in [4.78, 5) is 0. The van der Waals surface area contributed by atoms with Crippen LogP contribution in [0.5, 0.6) is 5.75 Å². The molecule has 2 N–H and O–H groups in total. The smallest absolute Gasteiger partial charge is 0.123 e. The molecule has 0 spiro atoms. The second kappa shape index (κ2) is 5.23. The van der Waals surface area contributed by atoms with Crippen LogP contribution in [0.4, 0.5) is 0 Å². The minimum atomic E-state index is 0.663. The zero-order valence-corrected chi connectivity index (χ0v) is 11.8. The number of hydrogen-bond acceptors (Lipinski definition) is 3. The average Bonchev–Trinajstić information content (AvgIpc) is 2.91. The Hall–Kier alpha value is -1.32. The minimum absolute atomic E-state index is 0.663. The molecular formula is C17H22N2O. The first-order valence-corrected chi connectivity index (χ1v) is 7.80. The molecule has 3 heteroatoms. The second-order valence-corrected chi connectivity index (χ2v) is 6.14. The van der Waals surface area contributed by atoms with Crippen molar-refractivity contribution in [2.75, 3.05) is 19.7 Å². The molecule has 2 aliphatic heterocycles. The number of fused-ring (bicyclic) bond motifs is 1. The molecule has 0 saturated carbocycles. The van der Waals surface area contributed by atoms with Gasteiger partial charge in [-0.2, -0.15) is 0 Å². The van der Waals surface area contributed by atoms with Crippen LogP contribution in [-0.2, 0) is 6.42 Å². The van der Waals surface area contributed by atoms with E-state index in [1.165, 1.54) is 29.5 Å². The van der Waals surface area contributed by atoms with E-state index >= 15 is 0 Å². The van der Waals surface area contributed by atoms with E-state index < -0.39 is 0 Å². The molecule has 1 aliphatic carbocycles. The van der Waals surface area contributed by atoms with Gasteiger partial charge in [-0.15, -0.1) is 0 Å². The van der Waals surface area contributed by atoms with E-state index in [4.69, 9.17) is 4.74 Å². The summed E-state index contributed by atoms with van der Waals surface area (Å²) in [6, 6.07) is 8.10. The highest BCUT2D eigenvalue weighted by Crippen LogP contribution is 2.33. The highest BCUT2D eigenvalue weighted by molar-refractivity contribution is 5.68. The fourth-order valence-corrected chi connectivity index (χ4v) is 3.35. The molecule has 20 heavy (non-hydrogen) atoms. The van der Waals surface area contributed by atoms with Crippen molar-refractivity contribution in [2.24, 2.45) is 0 Å². The molecule has 2 heterocycles. The average molecular weight is 270 g/mol. The molecule has 4 rings (SSSR count). The normalized spacial score (nSPS) is 25.6. The Labute approximate surface area is 120 Å². The molecule has 1 fully saturated rings. The largest absolute Gasteiger partial charge is 0.493 e. The summed E-state index contributed by atoms with van der Waals surface area (Å²) in [6.07, 6.45) is 7.07. The number of benzene rings is 1. The molecule has 1 saturated heterocycles.